The highest BCUT2D eigenvalue weighted by atomic mass is 16.1. The van der Waals surface area contributed by atoms with Gasteiger partial charge in [-0.05, 0) is 12.1 Å². The molecule has 0 aliphatic rings. The van der Waals surface area contributed by atoms with Crippen LogP contribution >= 0.6 is 0 Å². The molecule has 2 N–H and O–H groups in total. The summed E-state index contributed by atoms with van der Waals surface area (Å²) in [6.45, 7) is 0. The van der Waals surface area contributed by atoms with E-state index in [2.05, 4.69) is 10.2 Å². The van der Waals surface area contributed by atoms with Crippen molar-refractivity contribution in [3.05, 3.63) is 30.2 Å². The number of hydrogen-bond donors (Lipinski definition) is 1. The minimum absolute atomic E-state index is 0.384. The normalized spacial score (nSPS) is 10.3. The first-order chi connectivity index (χ1) is 5.79. The van der Waals surface area contributed by atoms with Crippen molar-refractivity contribution in [3.63, 3.8) is 0 Å². The maximum absolute atomic E-state index is 10.9. The van der Waals surface area contributed by atoms with Gasteiger partial charge in [-0.3, -0.25) is 9.20 Å². The quantitative estimate of drug-likeness (QED) is 0.632. The lowest BCUT2D eigenvalue weighted by Gasteiger charge is -1.95. The molecule has 0 aliphatic heterocycles. The topological polar surface area (TPSA) is 73.3 Å². The second kappa shape index (κ2) is 2.30. The van der Waals surface area contributed by atoms with Gasteiger partial charge in [0.25, 0.3) is 5.91 Å². The van der Waals surface area contributed by atoms with E-state index < -0.39 is 5.91 Å². The number of primary amides is 1. The summed E-state index contributed by atoms with van der Waals surface area (Å²) in [7, 11) is 0. The summed E-state index contributed by atoms with van der Waals surface area (Å²) in [5.41, 5.74) is 5.99. The Balaban J connectivity index is 2.82. The fourth-order valence-electron chi connectivity index (χ4n) is 1.04. The van der Waals surface area contributed by atoms with Gasteiger partial charge in [0.05, 0.1) is 5.56 Å². The van der Waals surface area contributed by atoms with E-state index in [-0.39, 0.29) is 0 Å². The Kier molecular flexibility index (Phi) is 1.30. The average molecular weight is 162 g/mol. The van der Waals surface area contributed by atoms with Gasteiger partial charge in [-0.2, -0.15) is 0 Å². The molecular formula is C7H6N4O. The number of rotatable bonds is 1. The molecule has 60 valence electrons. The van der Waals surface area contributed by atoms with Crippen molar-refractivity contribution in [1.29, 1.82) is 0 Å². The second-order valence-corrected chi connectivity index (χ2v) is 2.35. The van der Waals surface area contributed by atoms with Crippen LogP contribution in [0.5, 0.6) is 0 Å². The van der Waals surface area contributed by atoms with E-state index in [0.717, 1.165) is 0 Å². The van der Waals surface area contributed by atoms with Gasteiger partial charge in [0.1, 0.15) is 6.33 Å². The lowest BCUT2D eigenvalue weighted by Crippen LogP contribution is -2.12. The van der Waals surface area contributed by atoms with Gasteiger partial charge in [-0.15, -0.1) is 10.2 Å². The molecule has 2 rings (SSSR count). The molecule has 0 unspecified atom stereocenters. The van der Waals surface area contributed by atoms with E-state index >= 15 is 0 Å². The van der Waals surface area contributed by atoms with Crippen LogP contribution in [0.1, 0.15) is 10.4 Å². The highest BCUT2D eigenvalue weighted by Crippen LogP contribution is 2.05. The van der Waals surface area contributed by atoms with Crippen molar-refractivity contribution in [3.8, 4) is 0 Å². The molecular weight excluding hydrogens is 156 g/mol. The van der Waals surface area contributed by atoms with Crippen LogP contribution in [0.25, 0.3) is 5.65 Å². The van der Waals surface area contributed by atoms with Crippen LogP contribution in [0.15, 0.2) is 24.7 Å². The fourth-order valence-corrected chi connectivity index (χ4v) is 1.04. The zero-order valence-corrected chi connectivity index (χ0v) is 6.14. The van der Waals surface area contributed by atoms with Crippen LogP contribution in [0.3, 0.4) is 0 Å². The zero-order chi connectivity index (χ0) is 8.55. The van der Waals surface area contributed by atoms with Crippen LogP contribution in [-0.4, -0.2) is 20.5 Å². The molecule has 0 aliphatic carbocycles. The van der Waals surface area contributed by atoms with Gasteiger partial charge in [0.2, 0.25) is 0 Å². The molecule has 1 amide bonds. The fraction of sp³-hybridized carbons (Fsp3) is 0. The van der Waals surface area contributed by atoms with Crippen LogP contribution in [-0.2, 0) is 0 Å². The van der Waals surface area contributed by atoms with Crippen molar-refractivity contribution in [1.82, 2.24) is 14.6 Å². The Labute approximate surface area is 67.8 Å². The summed E-state index contributed by atoms with van der Waals surface area (Å²) in [5.74, 6) is -0.492. The smallest absolute Gasteiger partial charge is 0.252 e. The molecule has 5 nitrogen and oxygen atoms in total. The van der Waals surface area contributed by atoms with E-state index in [1.54, 1.807) is 22.7 Å². The third-order valence-electron chi connectivity index (χ3n) is 1.59. The predicted octanol–water partition coefficient (Wildman–Crippen LogP) is -0.172. The van der Waals surface area contributed by atoms with Crippen molar-refractivity contribution < 1.29 is 4.79 Å². The Morgan fingerprint density at radius 3 is 3.17 bits per heavy atom. The van der Waals surface area contributed by atoms with Crippen LogP contribution < -0.4 is 5.73 Å². The number of nitrogens with two attached hydrogens (primary N) is 1. The Morgan fingerprint density at radius 1 is 1.58 bits per heavy atom. The predicted molar refractivity (Wildman–Crippen MR) is 41.5 cm³/mol. The third kappa shape index (κ3) is 0.833. The molecule has 2 heterocycles. The first kappa shape index (κ1) is 6.78. The van der Waals surface area contributed by atoms with E-state index in [1.165, 1.54) is 6.33 Å². The highest BCUT2D eigenvalue weighted by Gasteiger charge is 2.06. The highest BCUT2D eigenvalue weighted by molar-refractivity contribution is 5.98. The summed E-state index contributed by atoms with van der Waals surface area (Å²) in [6.07, 6.45) is 3.27. The number of aromatic nitrogens is 3. The number of fused-ring (bicyclic) bond motifs is 1. The number of carbonyl (C=O) groups is 1. The maximum Gasteiger partial charge on any atom is 0.252 e. The Morgan fingerprint density at radius 2 is 2.42 bits per heavy atom. The van der Waals surface area contributed by atoms with Crippen LogP contribution in [0.4, 0.5) is 0 Å². The van der Waals surface area contributed by atoms with Gasteiger partial charge in [-0.25, -0.2) is 0 Å². The molecule has 12 heavy (non-hydrogen) atoms. The second-order valence-electron chi connectivity index (χ2n) is 2.35. The average Bonchev–Trinajstić information content (AvgIpc) is 2.49. The molecule has 0 aromatic carbocycles. The Hall–Kier alpha value is -1.91. The van der Waals surface area contributed by atoms with E-state index in [1.807, 2.05) is 0 Å². The lowest BCUT2D eigenvalue weighted by atomic mass is 10.2. The SMILES string of the molecule is NC(=O)c1cccn2cnnc12. The standard InChI is InChI=1S/C7H6N4O/c8-6(12)5-2-1-3-11-4-9-10-7(5)11/h1-4H,(H2,8,12). The molecule has 0 bridgehead atoms. The first-order valence-electron chi connectivity index (χ1n) is 3.37. The molecule has 0 saturated carbocycles. The molecule has 0 fully saturated rings. The molecule has 2 aromatic heterocycles. The minimum atomic E-state index is -0.492. The number of amides is 1. The van der Waals surface area contributed by atoms with E-state index in [4.69, 9.17) is 5.73 Å². The Bertz CT molecular complexity index is 434. The monoisotopic (exact) mass is 162 g/mol. The third-order valence-corrected chi connectivity index (χ3v) is 1.59. The number of hydrogen-bond acceptors (Lipinski definition) is 3. The molecule has 0 saturated heterocycles. The van der Waals surface area contributed by atoms with E-state index in [9.17, 15) is 4.79 Å². The van der Waals surface area contributed by atoms with Gasteiger partial charge < -0.3 is 5.73 Å². The number of carbonyl (C=O) groups excluding carboxylic acids is 1. The first-order valence-corrected chi connectivity index (χ1v) is 3.37. The largest absolute Gasteiger partial charge is 0.365 e. The molecule has 0 atom stereocenters. The summed E-state index contributed by atoms with van der Waals surface area (Å²) in [6, 6.07) is 3.34. The summed E-state index contributed by atoms with van der Waals surface area (Å²) >= 11 is 0. The molecule has 0 radical (unpaired) electrons. The van der Waals surface area contributed by atoms with Crippen LogP contribution in [0, 0.1) is 0 Å². The summed E-state index contributed by atoms with van der Waals surface area (Å²) in [4.78, 5) is 10.9. The summed E-state index contributed by atoms with van der Waals surface area (Å²) in [5, 5.41) is 7.40. The van der Waals surface area contributed by atoms with Crippen molar-refractivity contribution in [2.45, 2.75) is 0 Å². The minimum Gasteiger partial charge on any atom is -0.365 e. The molecule has 0 spiro atoms. The van der Waals surface area contributed by atoms with Gasteiger partial charge in [0.15, 0.2) is 5.65 Å². The number of nitrogens with zero attached hydrogens (tertiary/aromatic N) is 3. The van der Waals surface area contributed by atoms with Gasteiger partial charge >= 0.3 is 0 Å². The summed E-state index contributed by atoms with van der Waals surface area (Å²) < 4.78 is 1.64. The molecule has 5 heteroatoms. The van der Waals surface area contributed by atoms with E-state index in [0.29, 0.717) is 11.2 Å². The van der Waals surface area contributed by atoms with Crippen LogP contribution in [0.2, 0.25) is 0 Å². The zero-order valence-electron chi connectivity index (χ0n) is 6.14. The number of pyridine rings is 1. The van der Waals surface area contributed by atoms with Crippen molar-refractivity contribution >= 4 is 11.6 Å². The van der Waals surface area contributed by atoms with Gasteiger partial charge in [-0.1, -0.05) is 0 Å². The van der Waals surface area contributed by atoms with Gasteiger partial charge in [0, 0.05) is 6.20 Å². The molecule has 2 aromatic rings. The maximum atomic E-state index is 10.9. The van der Waals surface area contributed by atoms with Crippen molar-refractivity contribution in [2.75, 3.05) is 0 Å². The lowest BCUT2D eigenvalue weighted by molar-refractivity contribution is 0.100. The van der Waals surface area contributed by atoms with Crippen molar-refractivity contribution in [2.24, 2.45) is 5.73 Å².